The fraction of sp³-hybridized carbons (Fsp3) is 0.176. The Morgan fingerprint density at radius 1 is 1.15 bits per heavy atom. The summed E-state index contributed by atoms with van der Waals surface area (Å²) in [6, 6.07) is 12.7. The number of halogens is 1. The number of carbonyl (C=O) groups is 2. The highest BCUT2D eigenvalue weighted by atomic mass is 35.5. The van der Waals surface area contributed by atoms with E-state index in [0.29, 0.717) is 10.8 Å². The Morgan fingerprint density at radius 2 is 1.85 bits per heavy atom. The van der Waals surface area contributed by atoms with Crippen molar-refractivity contribution in [2.75, 3.05) is 17.7 Å². The zero-order valence-corrected chi connectivity index (χ0v) is 16.4. The summed E-state index contributed by atoms with van der Waals surface area (Å²) in [4.78, 5) is 24.4. The third-order valence-corrected chi connectivity index (χ3v) is 5.38. The van der Waals surface area contributed by atoms with E-state index in [9.17, 15) is 18.0 Å². The molecule has 0 atom stereocenters. The summed E-state index contributed by atoms with van der Waals surface area (Å²) in [6.45, 7) is -0.468. The van der Waals surface area contributed by atoms with E-state index < -0.39 is 28.5 Å². The molecule has 27 heavy (non-hydrogen) atoms. The Balaban J connectivity index is 1.73. The molecule has 0 spiro atoms. The number of hydrogen-bond donors (Lipinski definition) is 2. The molecule has 0 aliphatic carbocycles. The van der Waals surface area contributed by atoms with Crippen LogP contribution in [-0.2, 0) is 24.3 Å². The van der Waals surface area contributed by atoms with Crippen molar-refractivity contribution >= 4 is 50.9 Å². The molecule has 10 heteroatoms. The Kier molecular flexibility index (Phi) is 7.66. The van der Waals surface area contributed by atoms with Crippen LogP contribution in [0.25, 0.3) is 0 Å². The molecule has 0 unspecified atom stereocenters. The first-order valence-electron chi connectivity index (χ1n) is 7.71. The highest BCUT2D eigenvalue weighted by Gasteiger charge is 2.11. The topological polar surface area (TPSA) is 116 Å². The summed E-state index contributed by atoms with van der Waals surface area (Å²) >= 11 is 7.27. The van der Waals surface area contributed by atoms with Crippen LogP contribution in [0.1, 0.15) is 6.42 Å². The fourth-order valence-electron chi connectivity index (χ4n) is 1.95. The molecule has 3 N–H and O–H groups in total. The summed E-state index contributed by atoms with van der Waals surface area (Å²) in [5.74, 6) is -0.594. The van der Waals surface area contributed by atoms with E-state index in [-0.39, 0.29) is 17.0 Å². The number of nitrogens with one attached hydrogen (secondary N) is 1. The predicted molar refractivity (Wildman–Crippen MR) is 104 cm³/mol. The van der Waals surface area contributed by atoms with Crippen LogP contribution in [0, 0.1) is 0 Å². The lowest BCUT2D eigenvalue weighted by Gasteiger charge is -2.08. The van der Waals surface area contributed by atoms with Gasteiger partial charge in [0.15, 0.2) is 6.61 Å². The van der Waals surface area contributed by atoms with E-state index >= 15 is 0 Å². The van der Waals surface area contributed by atoms with Gasteiger partial charge in [-0.05, 0) is 42.5 Å². The van der Waals surface area contributed by atoms with Crippen LogP contribution in [0.4, 0.5) is 5.69 Å². The molecule has 0 radical (unpaired) electrons. The van der Waals surface area contributed by atoms with Crippen LogP contribution in [-0.4, -0.2) is 32.7 Å². The highest BCUT2D eigenvalue weighted by Crippen LogP contribution is 2.21. The third-order valence-electron chi connectivity index (χ3n) is 3.20. The van der Waals surface area contributed by atoms with E-state index in [1.165, 1.54) is 36.0 Å². The van der Waals surface area contributed by atoms with Gasteiger partial charge >= 0.3 is 5.97 Å². The molecule has 0 fully saturated rings. The molecule has 2 aromatic carbocycles. The number of primary sulfonamides is 1. The first kappa shape index (κ1) is 21.2. The quantitative estimate of drug-likeness (QED) is 0.493. The SMILES string of the molecule is NS(=O)(=O)c1cccc(NC(=O)COC(=O)CCSc2ccc(Cl)cc2)c1. The summed E-state index contributed by atoms with van der Waals surface area (Å²) in [5.41, 5.74) is 0.237. The zero-order valence-electron chi connectivity index (χ0n) is 14.1. The second-order valence-corrected chi connectivity index (χ2v) is 8.50. The monoisotopic (exact) mass is 428 g/mol. The molecule has 0 bridgehead atoms. The molecular formula is C17H17ClN2O5S2. The smallest absolute Gasteiger partial charge is 0.307 e. The number of nitrogens with two attached hydrogens (primary N) is 1. The molecule has 1 amide bonds. The molecule has 2 aromatic rings. The van der Waals surface area contributed by atoms with Crippen LogP contribution in [0.3, 0.4) is 0 Å². The van der Waals surface area contributed by atoms with Crippen molar-refractivity contribution in [1.82, 2.24) is 0 Å². The van der Waals surface area contributed by atoms with Crippen molar-refractivity contribution < 1.29 is 22.7 Å². The number of ether oxygens (including phenoxy) is 1. The molecule has 0 saturated heterocycles. The maximum atomic E-state index is 11.8. The molecule has 0 aromatic heterocycles. The van der Waals surface area contributed by atoms with Gasteiger partial charge in [-0.15, -0.1) is 11.8 Å². The minimum atomic E-state index is -3.87. The number of benzene rings is 2. The van der Waals surface area contributed by atoms with Crippen molar-refractivity contribution in [3.8, 4) is 0 Å². The molecule has 0 aliphatic heterocycles. The third kappa shape index (κ3) is 7.59. The molecule has 7 nitrogen and oxygen atoms in total. The number of hydrogen-bond acceptors (Lipinski definition) is 6. The number of sulfonamides is 1. The number of anilines is 1. The van der Waals surface area contributed by atoms with Gasteiger partial charge in [0, 0.05) is 21.4 Å². The van der Waals surface area contributed by atoms with Gasteiger partial charge in [-0.1, -0.05) is 17.7 Å². The van der Waals surface area contributed by atoms with Crippen LogP contribution in [0.5, 0.6) is 0 Å². The molecular weight excluding hydrogens is 412 g/mol. The lowest BCUT2D eigenvalue weighted by atomic mass is 10.3. The largest absolute Gasteiger partial charge is 0.456 e. The van der Waals surface area contributed by atoms with Gasteiger partial charge in [-0.3, -0.25) is 9.59 Å². The lowest BCUT2D eigenvalue weighted by molar-refractivity contribution is -0.146. The normalized spacial score (nSPS) is 11.0. The van der Waals surface area contributed by atoms with Crippen LogP contribution >= 0.6 is 23.4 Å². The van der Waals surface area contributed by atoms with Crippen molar-refractivity contribution in [1.29, 1.82) is 0 Å². The molecule has 0 saturated carbocycles. The van der Waals surface area contributed by atoms with E-state index in [1.807, 2.05) is 12.1 Å². The molecule has 2 rings (SSSR count). The lowest BCUT2D eigenvalue weighted by Crippen LogP contribution is -2.21. The van der Waals surface area contributed by atoms with E-state index in [0.717, 1.165) is 4.90 Å². The fourth-order valence-corrected chi connectivity index (χ4v) is 3.47. The average Bonchev–Trinajstić information content (AvgIpc) is 2.61. The molecule has 0 heterocycles. The maximum Gasteiger partial charge on any atom is 0.307 e. The van der Waals surface area contributed by atoms with Gasteiger partial charge in [0.05, 0.1) is 11.3 Å². The number of amides is 1. The number of rotatable bonds is 8. The van der Waals surface area contributed by atoms with Crippen molar-refractivity contribution in [3.63, 3.8) is 0 Å². The molecule has 0 aliphatic rings. The first-order valence-corrected chi connectivity index (χ1v) is 10.6. The van der Waals surface area contributed by atoms with Gasteiger partial charge in [-0.2, -0.15) is 0 Å². The van der Waals surface area contributed by atoms with Gasteiger partial charge in [0.1, 0.15) is 0 Å². The summed E-state index contributed by atoms with van der Waals surface area (Å²) in [7, 11) is -3.87. The van der Waals surface area contributed by atoms with Gasteiger partial charge in [0.2, 0.25) is 10.0 Å². The summed E-state index contributed by atoms with van der Waals surface area (Å²) < 4.78 is 27.5. The van der Waals surface area contributed by atoms with Gasteiger partial charge in [-0.25, -0.2) is 13.6 Å². The van der Waals surface area contributed by atoms with Crippen LogP contribution in [0.15, 0.2) is 58.3 Å². The van der Waals surface area contributed by atoms with Gasteiger partial charge < -0.3 is 10.1 Å². The Labute approximate surface area is 166 Å². The van der Waals surface area contributed by atoms with E-state index in [2.05, 4.69) is 5.32 Å². The highest BCUT2D eigenvalue weighted by molar-refractivity contribution is 7.99. The van der Waals surface area contributed by atoms with E-state index in [1.54, 1.807) is 12.1 Å². The Hall–Kier alpha value is -2.07. The predicted octanol–water partition coefficient (Wildman–Crippen LogP) is 2.65. The minimum Gasteiger partial charge on any atom is -0.456 e. The van der Waals surface area contributed by atoms with Crippen LogP contribution < -0.4 is 10.5 Å². The van der Waals surface area contributed by atoms with Crippen LogP contribution in [0.2, 0.25) is 5.02 Å². The number of thioether (sulfide) groups is 1. The Morgan fingerprint density at radius 3 is 2.52 bits per heavy atom. The maximum absolute atomic E-state index is 11.8. The minimum absolute atomic E-state index is 0.128. The van der Waals surface area contributed by atoms with Gasteiger partial charge in [0.25, 0.3) is 5.91 Å². The standard InChI is InChI=1S/C17H17ClN2O5S2/c18-12-4-6-14(7-5-12)26-9-8-17(22)25-11-16(21)20-13-2-1-3-15(10-13)27(19,23)24/h1-7,10H,8-9,11H2,(H,20,21)(H2,19,23,24). The zero-order chi connectivity index (χ0) is 19.9. The summed E-state index contributed by atoms with van der Waals surface area (Å²) in [6.07, 6.45) is 0.140. The average molecular weight is 429 g/mol. The summed E-state index contributed by atoms with van der Waals surface area (Å²) in [5, 5.41) is 8.11. The second-order valence-electron chi connectivity index (χ2n) is 5.33. The molecule has 144 valence electrons. The first-order chi connectivity index (χ1) is 12.7. The number of esters is 1. The number of carbonyl (C=O) groups excluding carboxylic acids is 2. The van der Waals surface area contributed by atoms with Crippen molar-refractivity contribution in [2.24, 2.45) is 5.14 Å². The Bertz CT molecular complexity index is 917. The second kappa shape index (κ2) is 9.75. The van der Waals surface area contributed by atoms with Crippen molar-refractivity contribution in [3.05, 3.63) is 53.6 Å². The van der Waals surface area contributed by atoms with E-state index in [4.69, 9.17) is 21.5 Å². The van der Waals surface area contributed by atoms with Crippen molar-refractivity contribution in [2.45, 2.75) is 16.2 Å².